The fraction of sp³-hybridized carbons (Fsp3) is 0.471. The van der Waals surface area contributed by atoms with E-state index < -0.39 is 28.9 Å². The Morgan fingerprint density at radius 2 is 1.88 bits per heavy atom. The molecular weight excluding hydrogens is 346 g/mol. The molecule has 1 aliphatic rings. The van der Waals surface area contributed by atoms with Gasteiger partial charge in [0.15, 0.2) is 0 Å². The van der Waals surface area contributed by atoms with Crippen molar-refractivity contribution in [1.29, 1.82) is 0 Å². The normalized spacial score (nSPS) is 15.2. The summed E-state index contributed by atoms with van der Waals surface area (Å²) in [6, 6.07) is 4.15. The molecule has 4 N–H and O–H groups in total. The van der Waals surface area contributed by atoms with Gasteiger partial charge in [-0.1, -0.05) is 11.6 Å². The van der Waals surface area contributed by atoms with Crippen LogP contribution in [-0.4, -0.2) is 35.1 Å². The van der Waals surface area contributed by atoms with Crippen LogP contribution in [0.4, 0.5) is 10.5 Å². The zero-order chi connectivity index (χ0) is 18.8. The minimum Gasteiger partial charge on any atom is -0.481 e. The summed E-state index contributed by atoms with van der Waals surface area (Å²) in [5.41, 5.74) is -0.663. The molecule has 3 amide bonds. The van der Waals surface area contributed by atoms with Crippen molar-refractivity contribution in [1.82, 2.24) is 10.6 Å². The summed E-state index contributed by atoms with van der Waals surface area (Å²) in [6.07, 6.45) is 1.09. The van der Waals surface area contributed by atoms with Gasteiger partial charge in [-0.15, -0.1) is 0 Å². The van der Waals surface area contributed by atoms with Crippen molar-refractivity contribution in [3.05, 3.63) is 28.8 Å². The quantitative estimate of drug-likeness (QED) is 0.641. The van der Waals surface area contributed by atoms with E-state index in [1.165, 1.54) is 12.1 Å². The van der Waals surface area contributed by atoms with Crippen molar-refractivity contribution >= 4 is 35.2 Å². The second-order valence-electron chi connectivity index (χ2n) is 7.29. The Labute approximate surface area is 151 Å². The zero-order valence-corrected chi connectivity index (χ0v) is 15.2. The topological polar surface area (TPSA) is 108 Å². The maximum absolute atomic E-state index is 12.3. The van der Waals surface area contributed by atoms with Crippen LogP contribution in [0.5, 0.6) is 0 Å². The second-order valence-corrected chi connectivity index (χ2v) is 7.70. The maximum Gasteiger partial charge on any atom is 0.319 e. The van der Waals surface area contributed by atoms with Crippen molar-refractivity contribution in [2.75, 3.05) is 11.9 Å². The van der Waals surface area contributed by atoms with Crippen LogP contribution in [0.15, 0.2) is 18.2 Å². The lowest BCUT2D eigenvalue weighted by Gasteiger charge is -2.21. The van der Waals surface area contributed by atoms with Crippen LogP contribution in [0, 0.1) is 5.41 Å². The van der Waals surface area contributed by atoms with Crippen LogP contribution < -0.4 is 16.0 Å². The third kappa shape index (κ3) is 5.09. The molecular formula is C17H22ClN3O4. The fourth-order valence-corrected chi connectivity index (χ4v) is 2.45. The maximum atomic E-state index is 12.3. The second kappa shape index (κ2) is 6.92. The molecule has 1 aromatic carbocycles. The molecule has 0 heterocycles. The SMILES string of the molecule is CC(C)(C)NC(=O)Nc1ccc(Cl)c(C(=O)NCC2(C(=O)O)CC2)c1. The molecule has 1 fully saturated rings. The number of halogens is 1. The largest absolute Gasteiger partial charge is 0.481 e. The highest BCUT2D eigenvalue weighted by atomic mass is 35.5. The number of carboxylic acids is 1. The molecule has 25 heavy (non-hydrogen) atoms. The lowest BCUT2D eigenvalue weighted by molar-refractivity contribution is -0.143. The Morgan fingerprint density at radius 3 is 2.40 bits per heavy atom. The van der Waals surface area contributed by atoms with Gasteiger partial charge in [-0.25, -0.2) is 4.79 Å². The lowest BCUT2D eigenvalue weighted by Crippen LogP contribution is -2.43. The Hall–Kier alpha value is -2.28. The number of aliphatic carboxylic acids is 1. The smallest absolute Gasteiger partial charge is 0.319 e. The van der Waals surface area contributed by atoms with Crippen molar-refractivity contribution in [2.24, 2.45) is 5.41 Å². The summed E-state index contributed by atoms with van der Waals surface area (Å²) >= 11 is 6.06. The van der Waals surface area contributed by atoms with Crippen molar-refractivity contribution in [3.63, 3.8) is 0 Å². The molecule has 2 rings (SSSR count). The number of benzene rings is 1. The molecule has 8 heteroatoms. The van der Waals surface area contributed by atoms with Crippen LogP contribution in [0.1, 0.15) is 44.0 Å². The van der Waals surface area contributed by atoms with E-state index >= 15 is 0 Å². The number of nitrogens with one attached hydrogen (secondary N) is 3. The van der Waals surface area contributed by atoms with E-state index in [-0.39, 0.29) is 17.1 Å². The van der Waals surface area contributed by atoms with Gasteiger partial charge in [-0.3, -0.25) is 9.59 Å². The van der Waals surface area contributed by atoms with E-state index in [1.807, 2.05) is 20.8 Å². The Morgan fingerprint density at radius 1 is 1.24 bits per heavy atom. The van der Waals surface area contributed by atoms with Crippen molar-refractivity contribution in [2.45, 2.75) is 39.2 Å². The highest BCUT2D eigenvalue weighted by Gasteiger charge is 2.50. The monoisotopic (exact) mass is 367 g/mol. The number of rotatable bonds is 5. The first-order valence-electron chi connectivity index (χ1n) is 7.93. The average Bonchev–Trinajstić information content (AvgIpc) is 3.26. The van der Waals surface area contributed by atoms with Gasteiger partial charge in [0, 0.05) is 17.8 Å². The molecule has 0 aliphatic heterocycles. The zero-order valence-electron chi connectivity index (χ0n) is 14.4. The van der Waals surface area contributed by atoms with Crippen LogP contribution in [0.3, 0.4) is 0 Å². The number of carbonyl (C=O) groups excluding carboxylic acids is 2. The molecule has 0 radical (unpaired) electrons. The number of carbonyl (C=O) groups is 3. The average molecular weight is 368 g/mol. The van der Waals surface area contributed by atoms with Gasteiger partial charge in [0.25, 0.3) is 5.91 Å². The summed E-state index contributed by atoms with van der Waals surface area (Å²) in [4.78, 5) is 35.4. The summed E-state index contributed by atoms with van der Waals surface area (Å²) in [7, 11) is 0. The molecule has 136 valence electrons. The molecule has 0 aromatic heterocycles. The van der Waals surface area contributed by atoms with E-state index in [0.29, 0.717) is 18.5 Å². The molecule has 1 aromatic rings. The first-order valence-corrected chi connectivity index (χ1v) is 8.31. The van der Waals surface area contributed by atoms with Crippen LogP contribution in [0.2, 0.25) is 5.02 Å². The predicted octanol–water partition coefficient (Wildman–Crippen LogP) is 2.85. The first-order chi connectivity index (χ1) is 11.5. The van der Waals surface area contributed by atoms with Gasteiger partial charge in [-0.2, -0.15) is 0 Å². The van der Waals surface area contributed by atoms with Gasteiger partial charge in [-0.05, 0) is 51.8 Å². The van der Waals surface area contributed by atoms with Crippen molar-refractivity contribution in [3.8, 4) is 0 Å². The number of urea groups is 1. The highest BCUT2D eigenvalue weighted by Crippen LogP contribution is 2.45. The van der Waals surface area contributed by atoms with E-state index in [1.54, 1.807) is 6.07 Å². The van der Waals surface area contributed by atoms with Gasteiger partial charge in [0.2, 0.25) is 0 Å². The minimum absolute atomic E-state index is 0.0552. The minimum atomic E-state index is -0.909. The summed E-state index contributed by atoms with van der Waals surface area (Å²) < 4.78 is 0. The number of anilines is 1. The van der Waals surface area contributed by atoms with E-state index in [2.05, 4.69) is 16.0 Å². The third-order valence-electron chi connectivity index (χ3n) is 3.85. The number of hydrogen-bond acceptors (Lipinski definition) is 3. The Kier molecular flexibility index (Phi) is 5.27. The highest BCUT2D eigenvalue weighted by molar-refractivity contribution is 6.34. The van der Waals surface area contributed by atoms with E-state index in [4.69, 9.17) is 16.7 Å². The fourth-order valence-electron chi connectivity index (χ4n) is 2.24. The summed E-state index contributed by atoms with van der Waals surface area (Å²) in [5, 5.41) is 17.4. The molecule has 0 unspecified atom stereocenters. The summed E-state index contributed by atoms with van der Waals surface area (Å²) in [6.45, 7) is 5.61. The summed E-state index contributed by atoms with van der Waals surface area (Å²) in [5.74, 6) is -1.38. The number of hydrogen-bond donors (Lipinski definition) is 4. The molecule has 0 saturated heterocycles. The molecule has 0 spiro atoms. The number of carboxylic acid groups (broad SMARTS) is 1. The van der Waals surface area contributed by atoms with Gasteiger partial charge >= 0.3 is 12.0 Å². The Bertz CT molecular complexity index is 708. The standard InChI is InChI=1S/C17H22ClN3O4/c1-16(2,3)21-15(25)20-10-4-5-12(18)11(8-10)13(22)19-9-17(6-7-17)14(23)24/h4-5,8H,6-7,9H2,1-3H3,(H,19,22)(H,23,24)(H2,20,21,25). The van der Waals surface area contributed by atoms with Crippen LogP contribution in [0.25, 0.3) is 0 Å². The molecule has 7 nitrogen and oxygen atoms in total. The first kappa shape index (κ1) is 19.1. The molecule has 1 aliphatic carbocycles. The van der Waals surface area contributed by atoms with Gasteiger partial charge in [0.1, 0.15) is 0 Å². The Balaban J connectivity index is 2.04. The van der Waals surface area contributed by atoms with Gasteiger partial charge < -0.3 is 21.1 Å². The van der Waals surface area contributed by atoms with Crippen LogP contribution >= 0.6 is 11.6 Å². The predicted molar refractivity (Wildman–Crippen MR) is 95.0 cm³/mol. The van der Waals surface area contributed by atoms with Crippen molar-refractivity contribution < 1.29 is 19.5 Å². The molecule has 0 atom stereocenters. The van der Waals surface area contributed by atoms with Gasteiger partial charge in [0.05, 0.1) is 16.0 Å². The molecule has 0 bridgehead atoms. The molecule has 1 saturated carbocycles. The number of amides is 3. The van der Waals surface area contributed by atoms with Crippen LogP contribution in [-0.2, 0) is 4.79 Å². The third-order valence-corrected chi connectivity index (χ3v) is 4.18. The lowest BCUT2D eigenvalue weighted by atomic mass is 10.1. The van der Waals surface area contributed by atoms with E-state index in [9.17, 15) is 14.4 Å². The van der Waals surface area contributed by atoms with E-state index in [0.717, 1.165) is 0 Å².